The van der Waals surface area contributed by atoms with Crippen molar-refractivity contribution in [3.63, 3.8) is 0 Å². The molecule has 4 nitrogen and oxygen atoms in total. The molecule has 11 heteroatoms. The highest BCUT2D eigenvalue weighted by atomic mass is 35.5. The first-order chi connectivity index (χ1) is 18.9. The van der Waals surface area contributed by atoms with Crippen LogP contribution >= 0.6 is 11.6 Å². The van der Waals surface area contributed by atoms with E-state index in [1.54, 1.807) is 48.5 Å². The summed E-state index contributed by atoms with van der Waals surface area (Å²) in [6.07, 6.45) is -10.1. The SMILES string of the molecule is O=C(NC(c1cccc(OC(F)(F)F)c1)(c1cccc(OC(F)(F)F)c1)C(Cl)c1ccccc1)c1ccccc1. The summed E-state index contributed by atoms with van der Waals surface area (Å²) < 4.78 is 86.9. The van der Waals surface area contributed by atoms with Gasteiger partial charge in [0.2, 0.25) is 0 Å². The Hall–Kier alpha value is -4.18. The second kappa shape index (κ2) is 11.5. The van der Waals surface area contributed by atoms with E-state index in [0.717, 1.165) is 24.3 Å². The fourth-order valence-corrected chi connectivity index (χ4v) is 4.71. The molecule has 0 bridgehead atoms. The van der Waals surface area contributed by atoms with Crippen molar-refractivity contribution in [3.05, 3.63) is 131 Å². The molecule has 40 heavy (non-hydrogen) atoms. The second-order valence-corrected chi connectivity index (χ2v) is 8.99. The third kappa shape index (κ3) is 6.87. The molecule has 0 spiro atoms. The number of nitrogens with one attached hydrogen (secondary N) is 1. The first-order valence-electron chi connectivity index (χ1n) is 11.7. The molecule has 1 unspecified atom stereocenters. The minimum Gasteiger partial charge on any atom is -0.406 e. The Morgan fingerprint density at radius 2 is 1.10 bits per heavy atom. The third-order valence-electron chi connectivity index (χ3n) is 5.86. The molecule has 4 aromatic rings. The summed E-state index contributed by atoms with van der Waals surface area (Å²) in [5.74, 6) is -1.93. The second-order valence-electron chi connectivity index (χ2n) is 8.55. The van der Waals surface area contributed by atoms with Crippen molar-refractivity contribution < 1.29 is 40.6 Å². The average molecular weight is 580 g/mol. The molecule has 0 aliphatic heterocycles. The highest BCUT2D eigenvalue weighted by Gasteiger charge is 2.45. The van der Waals surface area contributed by atoms with Crippen molar-refractivity contribution in [1.29, 1.82) is 0 Å². The van der Waals surface area contributed by atoms with E-state index in [2.05, 4.69) is 14.8 Å². The summed E-state index contributed by atoms with van der Waals surface area (Å²) >= 11 is 7.06. The zero-order chi connectivity index (χ0) is 29.0. The molecule has 0 saturated carbocycles. The van der Waals surface area contributed by atoms with Crippen LogP contribution in [0.3, 0.4) is 0 Å². The smallest absolute Gasteiger partial charge is 0.406 e. The Kier molecular flexibility index (Phi) is 8.29. The maximum Gasteiger partial charge on any atom is 0.573 e. The lowest BCUT2D eigenvalue weighted by atomic mass is 9.77. The minimum atomic E-state index is -5.03. The van der Waals surface area contributed by atoms with Gasteiger partial charge in [-0.3, -0.25) is 4.79 Å². The number of carbonyl (C=O) groups is 1. The fraction of sp³-hybridized carbons (Fsp3) is 0.138. The molecular formula is C29H20ClF6NO3. The maximum atomic E-state index is 13.6. The van der Waals surface area contributed by atoms with E-state index in [1.807, 2.05) is 0 Å². The molecule has 1 atom stereocenters. The highest BCUT2D eigenvalue weighted by Crippen LogP contribution is 2.47. The van der Waals surface area contributed by atoms with Gasteiger partial charge in [-0.15, -0.1) is 37.9 Å². The van der Waals surface area contributed by atoms with Gasteiger partial charge in [-0.25, -0.2) is 0 Å². The molecule has 208 valence electrons. The van der Waals surface area contributed by atoms with E-state index in [4.69, 9.17) is 11.6 Å². The summed E-state index contributed by atoms with van der Waals surface area (Å²) in [5, 5.41) is 1.57. The standard InChI is InChI=1S/C29H20ClF6NO3/c30-25(19-9-3-1-4-10-19)27(37-26(38)20-11-5-2-6-12-20,21-13-7-15-23(17-21)39-28(31,32)33)22-14-8-16-24(18-22)40-29(34,35)36/h1-18,25H,(H,37,38). The van der Waals surface area contributed by atoms with Gasteiger partial charge in [-0.2, -0.15) is 0 Å². The van der Waals surface area contributed by atoms with Crippen molar-refractivity contribution in [2.45, 2.75) is 23.6 Å². The number of ether oxygens (including phenoxy) is 2. The molecule has 0 aliphatic carbocycles. The summed E-state index contributed by atoms with van der Waals surface area (Å²) in [6, 6.07) is 25.6. The number of hydrogen-bond donors (Lipinski definition) is 1. The van der Waals surface area contributed by atoms with Gasteiger partial charge < -0.3 is 14.8 Å². The summed E-state index contributed by atoms with van der Waals surface area (Å²) in [7, 11) is 0. The van der Waals surface area contributed by atoms with Crippen LogP contribution in [0, 0.1) is 0 Å². The quantitative estimate of drug-likeness (QED) is 0.169. The van der Waals surface area contributed by atoms with Gasteiger partial charge in [0.25, 0.3) is 5.91 Å². The number of halogens is 7. The van der Waals surface area contributed by atoms with E-state index in [1.165, 1.54) is 36.4 Å². The normalized spacial score (nSPS) is 12.9. The molecule has 0 saturated heterocycles. The zero-order valence-electron chi connectivity index (χ0n) is 20.3. The minimum absolute atomic E-state index is 0.00606. The first-order valence-corrected chi connectivity index (χ1v) is 12.1. The Bertz CT molecular complexity index is 1390. The Morgan fingerprint density at radius 1 is 0.650 bits per heavy atom. The van der Waals surface area contributed by atoms with Crippen LogP contribution in [0.15, 0.2) is 109 Å². The van der Waals surface area contributed by atoms with Crippen molar-refractivity contribution >= 4 is 17.5 Å². The van der Waals surface area contributed by atoms with Gasteiger partial charge in [0.1, 0.15) is 17.0 Å². The Balaban J connectivity index is 2.00. The molecule has 4 aromatic carbocycles. The number of benzene rings is 4. The van der Waals surface area contributed by atoms with E-state index >= 15 is 0 Å². The van der Waals surface area contributed by atoms with E-state index in [-0.39, 0.29) is 16.7 Å². The van der Waals surface area contributed by atoms with Gasteiger partial charge in [-0.1, -0.05) is 72.8 Å². The fourth-order valence-electron chi connectivity index (χ4n) is 4.26. The van der Waals surface area contributed by atoms with Gasteiger partial charge in [0, 0.05) is 5.56 Å². The predicted octanol–water partition coefficient (Wildman–Crippen LogP) is 8.14. The van der Waals surface area contributed by atoms with Crippen LogP contribution < -0.4 is 14.8 Å². The van der Waals surface area contributed by atoms with E-state index < -0.39 is 41.0 Å². The molecule has 0 aliphatic rings. The van der Waals surface area contributed by atoms with Gasteiger partial charge in [0.05, 0.1) is 5.38 Å². The molecule has 4 rings (SSSR count). The predicted molar refractivity (Wildman–Crippen MR) is 136 cm³/mol. The van der Waals surface area contributed by atoms with E-state index in [0.29, 0.717) is 5.56 Å². The highest BCUT2D eigenvalue weighted by molar-refractivity contribution is 6.22. The summed E-state index contributed by atoms with van der Waals surface area (Å²) in [4.78, 5) is 13.6. The lowest BCUT2D eigenvalue weighted by Gasteiger charge is -2.40. The van der Waals surface area contributed by atoms with Crippen LogP contribution in [0.4, 0.5) is 26.3 Å². The van der Waals surface area contributed by atoms with Gasteiger partial charge in [-0.05, 0) is 53.1 Å². The molecule has 0 fully saturated rings. The monoisotopic (exact) mass is 579 g/mol. The number of alkyl halides is 7. The Labute approximate surface area is 230 Å². The van der Waals surface area contributed by atoms with Crippen LogP contribution in [0.2, 0.25) is 0 Å². The third-order valence-corrected chi connectivity index (χ3v) is 6.44. The van der Waals surface area contributed by atoms with Crippen LogP contribution in [-0.2, 0) is 5.54 Å². The first kappa shape index (κ1) is 28.8. The largest absolute Gasteiger partial charge is 0.573 e. The molecule has 0 radical (unpaired) electrons. The molecule has 0 heterocycles. The van der Waals surface area contributed by atoms with E-state index in [9.17, 15) is 31.1 Å². The van der Waals surface area contributed by atoms with Crippen LogP contribution in [-0.4, -0.2) is 18.6 Å². The Morgan fingerprint density at radius 3 is 1.55 bits per heavy atom. The van der Waals surface area contributed by atoms with Gasteiger partial charge >= 0.3 is 12.7 Å². The molecule has 0 aromatic heterocycles. The summed E-state index contributed by atoms with van der Waals surface area (Å²) in [6.45, 7) is 0. The van der Waals surface area contributed by atoms with Crippen molar-refractivity contribution in [3.8, 4) is 11.5 Å². The van der Waals surface area contributed by atoms with Crippen molar-refractivity contribution in [2.75, 3.05) is 0 Å². The topological polar surface area (TPSA) is 47.6 Å². The average Bonchev–Trinajstić information content (AvgIpc) is 2.90. The molecule has 1 amide bonds. The molecular weight excluding hydrogens is 560 g/mol. The van der Waals surface area contributed by atoms with Crippen molar-refractivity contribution in [1.82, 2.24) is 5.32 Å². The van der Waals surface area contributed by atoms with Crippen LogP contribution in [0.25, 0.3) is 0 Å². The van der Waals surface area contributed by atoms with Crippen LogP contribution in [0.5, 0.6) is 11.5 Å². The lowest BCUT2D eigenvalue weighted by molar-refractivity contribution is -0.275. The zero-order valence-corrected chi connectivity index (χ0v) is 21.1. The van der Waals surface area contributed by atoms with Crippen molar-refractivity contribution in [2.24, 2.45) is 0 Å². The number of rotatable bonds is 8. The van der Waals surface area contributed by atoms with Crippen LogP contribution in [0.1, 0.15) is 32.4 Å². The maximum absolute atomic E-state index is 13.6. The molecule has 1 N–H and O–H groups in total. The number of hydrogen-bond acceptors (Lipinski definition) is 3. The summed E-state index contributed by atoms with van der Waals surface area (Å²) in [5.41, 5.74) is -1.32. The number of amides is 1. The lowest BCUT2D eigenvalue weighted by Crippen LogP contribution is -2.50. The van der Waals surface area contributed by atoms with Gasteiger partial charge in [0.15, 0.2) is 0 Å². The number of carbonyl (C=O) groups excluding carboxylic acids is 1.